The van der Waals surface area contributed by atoms with Crippen LogP contribution in [0.4, 0.5) is 0 Å². The third-order valence-corrected chi connectivity index (χ3v) is 7.20. The Kier molecular flexibility index (Phi) is 18.9. The van der Waals surface area contributed by atoms with Gasteiger partial charge in [-0.3, -0.25) is 19.8 Å². The first-order valence-corrected chi connectivity index (χ1v) is 14.2. The second-order valence-electron chi connectivity index (χ2n) is 9.83. The monoisotopic (exact) mass is 522 g/mol. The van der Waals surface area contributed by atoms with Crippen molar-refractivity contribution in [2.75, 3.05) is 18.1 Å². The standard InChI is InChI=1S/C28H50N4O3S/c1-8-23(6)25(15-17-30-24(7)33)27(34)31-26(28(35)32-29)19-36-18-16-22(5)14-10-13-21(4)12-9-11-20(2)3/h11,13,16,23,25-26H,8-10,12,14-15,17-19,29H2,1-7H3,(H,30,33)(H,31,34)(H,32,35)/b21-13+,22-16+/t23-,25?,26-/m0/s1. The van der Waals surface area contributed by atoms with Crippen molar-refractivity contribution >= 4 is 29.5 Å². The van der Waals surface area contributed by atoms with Crippen LogP contribution in [-0.2, 0) is 14.4 Å². The van der Waals surface area contributed by atoms with Crippen molar-refractivity contribution in [1.29, 1.82) is 0 Å². The van der Waals surface area contributed by atoms with Gasteiger partial charge in [-0.1, -0.05) is 55.2 Å². The van der Waals surface area contributed by atoms with Gasteiger partial charge in [0.05, 0.1) is 0 Å². The molecule has 8 heteroatoms. The molecule has 3 amide bonds. The molecule has 0 saturated carbocycles. The zero-order valence-electron chi connectivity index (χ0n) is 23.5. The lowest BCUT2D eigenvalue weighted by atomic mass is 9.88. The minimum Gasteiger partial charge on any atom is -0.356 e. The highest BCUT2D eigenvalue weighted by Crippen LogP contribution is 2.20. The molecule has 0 spiro atoms. The van der Waals surface area contributed by atoms with Crippen LogP contribution in [0.2, 0.25) is 0 Å². The summed E-state index contributed by atoms with van der Waals surface area (Å²) in [5.41, 5.74) is 6.27. The van der Waals surface area contributed by atoms with Crippen LogP contribution in [-0.4, -0.2) is 41.8 Å². The maximum absolute atomic E-state index is 13.0. The van der Waals surface area contributed by atoms with Crippen LogP contribution in [0.5, 0.6) is 0 Å². The maximum Gasteiger partial charge on any atom is 0.257 e. The van der Waals surface area contributed by atoms with Crippen molar-refractivity contribution in [1.82, 2.24) is 16.1 Å². The van der Waals surface area contributed by atoms with Gasteiger partial charge in [0.25, 0.3) is 5.91 Å². The van der Waals surface area contributed by atoms with E-state index in [9.17, 15) is 14.4 Å². The smallest absolute Gasteiger partial charge is 0.257 e. The van der Waals surface area contributed by atoms with E-state index in [-0.39, 0.29) is 23.7 Å². The Hall–Kier alpha value is -2.06. The number of allylic oxidation sites excluding steroid dienone is 5. The van der Waals surface area contributed by atoms with Gasteiger partial charge in [-0.05, 0) is 65.7 Å². The van der Waals surface area contributed by atoms with Crippen LogP contribution < -0.4 is 21.9 Å². The zero-order valence-corrected chi connectivity index (χ0v) is 24.4. The molecule has 0 radical (unpaired) electrons. The number of hydrogen-bond acceptors (Lipinski definition) is 5. The lowest BCUT2D eigenvalue weighted by molar-refractivity contribution is -0.132. The Morgan fingerprint density at radius 1 is 0.917 bits per heavy atom. The zero-order chi connectivity index (χ0) is 27.5. The molecular formula is C28H50N4O3S. The van der Waals surface area contributed by atoms with Crippen molar-refractivity contribution in [3.63, 3.8) is 0 Å². The molecule has 0 rings (SSSR count). The highest BCUT2D eigenvalue weighted by Gasteiger charge is 2.28. The van der Waals surface area contributed by atoms with Crippen molar-refractivity contribution in [2.45, 2.75) is 93.0 Å². The van der Waals surface area contributed by atoms with Gasteiger partial charge < -0.3 is 10.6 Å². The highest BCUT2D eigenvalue weighted by molar-refractivity contribution is 7.99. The first-order valence-electron chi connectivity index (χ1n) is 13.1. The van der Waals surface area contributed by atoms with E-state index in [2.05, 4.69) is 62.0 Å². The molecule has 206 valence electrons. The average molecular weight is 523 g/mol. The quantitative estimate of drug-likeness (QED) is 0.0679. The van der Waals surface area contributed by atoms with E-state index in [1.165, 1.54) is 23.6 Å². The first kappa shape index (κ1) is 33.9. The minimum absolute atomic E-state index is 0.121. The Morgan fingerprint density at radius 2 is 1.53 bits per heavy atom. The SMILES string of the molecule is CC[C@H](C)C(CCNC(C)=O)C(=O)N[C@@H](CSC/C=C(\C)CC/C=C(\C)CCC=C(C)C)C(=O)NN. The van der Waals surface area contributed by atoms with Crippen LogP contribution in [0.1, 0.15) is 87.0 Å². The highest BCUT2D eigenvalue weighted by atomic mass is 32.2. The van der Waals surface area contributed by atoms with Crippen LogP contribution in [0.15, 0.2) is 34.9 Å². The summed E-state index contributed by atoms with van der Waals surface area (Å²) in [4.78, 5) is 36.5. The van der Waals surface area contributed by atoms with Crippen molar-refractivity contribution in [3.05, 3.63) is 34.9 Å². The molecule has 0 aliphatic carbocycles. The lowest BCUT2D eigenvalue weighted by Gasteiger charge is -2.25. The summed E-state index contributed by atoms with van der Waals surface area (Å²) in [5, 5.41) is 5.63. The molecule has 3 atom stereocenters. The number of amides is 3. The van der Waals surface area contributed by atoms with E-state index in [0.29, 0.717) is 18.7 Å². The number of carbonyl (C=O) groups excluding carboxylic acids is 3. The predicted octanol–water partition coefficient (Wildman–Crippen LogP) is 4.80. The Balaban J connectivity index is 4.75. The molecule has 0 bridgehead atoms. The largest absolute Gasteiger partial charge is 0.356 e. The van der Waals surface area contributed by atoms with Crippen molar-refractivity contribution in [3.8, 4) is 0 Å². The van der Waals surface area contributed by atoms with Gasteiger partial charge in [0.1, 0.15) is 6.04 Å². The molecule has 1 unspecified atom stereocenters. The average Bonchev–Trinajstić information content (AvgIpc) is 2.82. The second kappa shape index (κ2) is 20.0. The maximum atomic E-state index is 13.0. The topological polar surface area (TPSA) is 113 Å². The third-order valence-electron chi connectivity index (χ3n) is 6.23. The summed E-state index contributed by atoms with van der Waals surface area (Å²) >= 11 is 1.59. The fourth-order valence-corrected chi connectivity index (χ4v) is 4.66. The van der Waals surface area contributed by atoms with E-state index in [0.717, 1.165) is 37.9 Å². The predicted molar refractivity (Wildman–Crippen MR) is 153 cm³/mol. The molecule has 36 heavy (non-hydrogen) atoms. The van der Waals surface area contributed by atoms with E-state index in [1.54, 1.807) is 11.8 Å². The molecule has 0 aromatic carbocycles. The first-order chi connectivity index (χ1) is 17.0. The van der Waals surface area contributed by atoms with Crippen LogP contribution >= 0.6 is 11.8 Å². The molecular weight excluding hydrogens is 472 g/mol. The summed E-state index contributed by atoms with van der Waals surface area (Å²) in [6.07, 6.45) is 12.4. The normalized spacial score (nSPS) is 14.4. The Morgan fingerprint density at radius 3 is 2.08 bits per heavy atom. The summed E-state index contributed by atoms with van der Waals surface area (Å²) in [6, 6.07) is -0.708. The van der Waals surface area contributed by atoms with E-state index in [4.69, 9.17) is 5.84 Å². The molecule has 0 fully saturated rings. The molecule has 0 aromatic rings. The summed E-state index contributed by atoms with van der Waals surface area (Å²) < 4.78 is 0. The van der Waals surface area contributed by atoms with Gasteiger partial charge in [0, 0.05) is 30.9 Å². The van der Waals surface area contributed by atoms with Gasteiger partial charge in [-0.2, -0.15) is 11.8 Å². The summed E-state index contributed by atoms with van der Waals surface area (Å²) in [7, 11) is 0. The molecule has 7 nitrogen and oxygen atoms in total. The molecule has 0 heterocycles. The third kappa shape index (κ3) is 16.6. The van der Waals surface area contributed by atoms with E-state index in [1.807, 2.05) is 13.8 Å². The van der Waals surface area contributed by atoms with Crippen LogP contribution in [0.3, 0.4) is 0 Å². The fourth-order valence-electron chi connectivity index (χ4n) is 3.65. The molecule has 0 aromatic heterocycles. The Labute approximate surface area is 223 Å². The van der Waals surface area contributed by atoms with Crippen molar-refractivity contribution < 1.29 is 14.4 Å². The molecule has 0 saturated heterocycles. The second-order valence-corrected chi connectivity index (χ2v) is 10.9. The number of hydrogen-bond donors (Lipinski definition) is 4. The van der Waals surface area contributed by atoms with Crippen LogP contribution in [0, 0.1) is 11.8 Å². The number of nitrogens with one attached hydrogen (secondary N) is 3. The fraction of sp³-hybridized carbons (Fsp3) is 0.679. The van der Waals surface area contributed by atoms with Crippen LogP contribution in [0.25, 0.3) is 0 Å². The minimum atomic E-state index is -0.708. The van der Waals surface area contributed by atoms with E-state index >= 15 is 0 Å². The summed E-state index contributed by atoms with van der Waals surface area (Å²) in [5.74, 6) is 5.69. The van der Waals surface area contributed by atoms with Gasteiger partial charge >= 0.3 is 0 Å². The number of nitrogens with two attached hydrogens (primary N) is 1. The summed E-state index contributed by atoms with van der Waals surface area (Å²) in [6.45, 7) is 14.5. The number of rotatable bonds is 18. The van der Waals surface area contributed by atoms with Gasteiger partial charge in [-0.15, -0.1) is 0 Å². The van der Waals surface area contributed by atoms with E-state index < -0.39 is 11.9 Å². The van der Waals surface area contributed by atoms with Gasteiger partial charge in [0.15, 0.2) is 0 Å². The number of hydrazine groups is 1. The van der Waals surface area contributed by atoms with Gasteiger partial charge in [0.2, 0.25) is 11.8 Å². The lowest BCUT2D eigenvalue weighted by Crippen LogP contribution is -2.52. The van der Waals surface area contributed by atoms with Gasteiger partial charge in [-0.25, -0.2) is 5.84 Å². The number of carbonyl (C=O) groups is 3. The van der Waals surface area contributed by atoms with Crippen molar-refractivity contribution in [2.24, 2.45) is 17.7 Å². The molecule has 0 aliphatic rings. The molecule has 5 N–H and O–H groups in total. The Bertz CT molecular complexity index is 773. The molecule has 0 aliphatic heterocycles. The number of thioether (sulfide) groups is 1.